The first-order valence-corrected chi connectivity index (χ1v) is 6.26. The van der Waals surface area contributed by atoms with Crippen LogP contribution in [0.2, 0.25) is 0 Å². The predicted molar refractivity (Wildman–Crippen MR) is 72.8 cm³/mol. The Labute approximate surface area is 111 Å². The second-order valence-electron chi connectivity index (χ2n) is 4.68. The number of rotatable bonds is 2. The molecule has 0 aromatic heterocycles. The van der Waals surface area contributed by atoms with E-state index in [1.165, 1.54) is 5.56 Å². The summed E-state index contributed by atoms with van der Waals surface area (Å²) in [6, 6.07) is 11.4. The fourth-order valence-electron chi connectivity index (χ4n) is 2.59. The summed E-state index contributed by atoms with van der Waals surface area (Å²) in [4.78, 5) is 11.2. The molecule has 1 heterocycles. The third kappa shape index (κ3) is 1.87. The van der Waals surface area contributed by atoms with Crippen molar-refractivity contribution in [2.45, 2.75) is 13.3 Å². The van der Waals surface area contributed by atoms with Crippen LogP contribution in [-0.4, -0.2) is 17.7 Å². The van der Waals surface area contributed by atoms with Crippen LogP contribution < -0.4 is 4.74 Å². The van der Waals surface area contributed by atoms with Crippen molar-refractivity contribution < 1.29 is 14.6 Å². The third-order valence-corrected chi connectivity index (χ3v) is 3.57. The highest BCUT2D eigenvalue weighted by molar-refractivity contribution is 5.92. The second-order valence-corrected chi connectivity index (χ2v) is 4.68. The van der Waals surface area contributed by atoms with E-state index in [-0.39, 0.29) is 0 Å². The molecule has 96 valence electrons. The highest BCUT2D eigenvalue weighted by Crippen LogP contribution is 2.38. The van der Waals surface area contributed by atoms with Gasteiger partial charge in [0.15, 0.2) is 0 Å². The normalized spacial score (nSPS) is 12.9. The molecule has 3 rings (SSSR count). The fraction of sp³-hybridized carbons (Fsp3) is 0.188. The summed E-state index contributed by atoms with van der Waals surface area (Å²) in [5.41, 5.74) is 4.22. The van der Waals surface area contributed by atoms with Gasteiger partial charge >= 0.3 is 5.97 Å². The zero-order valence-corrected chi connectivity index (χ0v) is 10.6. The van der Waals surface area contributed by atoms with Crippen molar-refractivity contribution in [3.8, 4) is 16.9 Å². The summed E-state index contributed by atoms with van der Waals surface area (Å²) >= 11 is 0. The lowest BCUT2D eigenvalue weighted by Gasteiger charge is -2.12. The molecule has 1 aliphatic rings. The highest BCUT2D eigenvalue weighted by atomic mass is 16.5. The van der Waals surface area contributed by atoms with E-state index < -0.39 is 5.97 Å². The quantitative estimate of drug-likeness (QED) is 0.894. The SMILES string of the molecule is Cc1c(C(=O)O)cccc1-c1cccc2c1OCC2. The predicted octanol–water partition coefficient (Wildman–Crippen LogP) is 3.30. The maximum absolute atomic E-state index is 11.2. The molecule has 3 nitrogen and oxygen atoms in total. The van der Waals surface area contributed by atoms with Gasteiger partial charge in [0.1, 0.15) is 5.75 Å². The van der Waals surface area contributed by atoms with Crippen LogP contribution in [0.3, 0.4) is 0 Å². The van der Waals surface area contributed by atoms with Crippen molar-refractivity contribution in [3.05, 3.63) is 53.1 Å². The molecule has 2 aromatic carbocycles. The number of carbonyl (C=O) groups is 1. The molecule has 0 fully saturated rings. The Bertz CT molecular complexity index is 659. The molecular formula is C16H14O3. The van der Waals surface area contributed by atoms with E-state index in [1.807, 2.05) is 25.1 Å². The number of ether oxygens (including phenoxy) is 1. The maximum atomic E-state index is 11.2. The number of hydrogen-bond donors (Lipinski definition) is 1. The van der Waals surface area contributed by atoms with Crippen LogP contribution in [0.5, 0.6) is 5.75 Å². The molecule has 3 heteroatoms. The Balaban J connectivity index is 2.21. The maximum Gasteiger partial charge on any atom is 0.335 e. The Morgan fingerprint density at radius 3 is 2.68 bits per heavy atom. The van der Waals surface area contributed by atoms with Gasteiger partial charge in [0.05, 0.1) is 12.2 Å². The summed E-state index contributed by atoms with van der Waals surface area (Å²) in [5, 5.41) is 9.20. The van der Waals surface area contributed by atoms with Crippen LogP contribution in [0.25, 0.3) is 11.1 Å². The van der Waals surface area contributed by atoms with Crippen LogP contribution in [0.15, 0.2) is 36.4 Å². The molecular weight excluding hydrogens is 240 g/mol. The molecule has 0 aliphatic carbocycles. The first kappa shape index (κ1) is 11.8. The molecule has 0 spiro atoms. The van der Waals surface area contributed by atoms with Gasteiger partial charge in [0, 0.05) is 12.0 Å². The van der Waals surface area contributed by atoms with E-state index >= 15 is 0 Å². The zero-order chi connectivity index (χ0) is 13.4. The number of carboxylic acid groups (broad SMARTS) is 1. The van der Waals surface area contributed by atoms with Crippen LogP contribution in [0.4, 0.5) is 0 Å². The minimum atomic E-state index is -0.896. The molecule has 0 unspecified atom stereocenters. The minimum absolute atomic E-state index is 0.341. The lowest BCUT2D eigenvalue weighted by Crippen LogP contribution is -2.01. The first-order chi connectivity index (χ1) is 9.18. The number of benzene rings is 2. The Morgan fingerprint density at radius 2 is 1.89 bits per heavy atom. The summed E-state index contributed by atoms with van der Waals surface area (Å²) in [6.07, 6.45) is 0.918. The molecule has 2 aromatic rings. The van der Waals surface area contributed by atoms with E-state index in [2.05, 4.69) is 6.07 Å². The summed E-state index contributed by atoms with van der Waals surface area (Å²) in [6.45, 7) is 2.54. The van der Waals surface area contributed by atoms with E-state index in [0.717, 1.165) is 28.9 Å². The van der Waals surface area contributed by atoms with Crippen molar-refractivity contribution in [1.82, 2.24) is 0 Å². The van der Waals surface area contributed by atoms with E-state index in [4.69, 9.17) is 4.74 Å². The van der Waals surface area contributed by atoms with Gasteiger partial charge in [0.2, 0.25) is 0 Å². The van der Waals surface area contributed by atoms with Crippen LogP contribution in [-0.2, 0) is 6.42 Å². The summed E-state index contributed by atoms with van der Waals surface area (Å²) in [7, 11) is 0. The average Bonchev–Trinajstić information content (AvgIpc) is 2.87. The van der Waals surface area contributed by atoms with Gasteiger partial charge in [-0.3, -0.25) is 0 Å². The van der Waals surface area contributed by atoms with E-state index in [1.54, 1.807) is 12.1 Å². The van der Waals surface area contributed by atoms with Crippen LogP contribution in [0, 0.1) is 6.92 Å². The number of fused-ring (bicyclic) bond motifs is 1. The van der Waals surface area contributed by atoms with E-state index in [0.29, 0.717) is 12.2 Å². The van der Waals surface area contributed by atoms with Crippen LogP contribution >= 0.6 is 0 Å². The van der Waals surface area contributed by atoms with Gasteiger partial charge in [-0.1, -0.05) is 30.3 Å². The molecule has 1 aliphatic heterocycles. The zero-order valence-electron chi connectivity index (χ0n) is 10.6. The topological polar surface area (TPSA) is 46.5 Å². The Kier molecular flexibility index (Phi) is 2.75. The van der Waals surface area contributed by atoms with Gasteiger partial charge in [-0.2, -0.15) is 0 Å². The molecule has 0 radical (unpaired) electrons. The summed E-state index contributed by atoms with van der Waals surface area (Å²) in [5.74, 6) is 0.000911. The molecule has 0 amide bonds. The molecule has 0 bridgehead atoms. The second kappa shape index (κ2) is 4.43. The van der Waals surface area contributed by atoms with Crippen molar-refractivity contribution in [2.75, 3.05) is 6.61 Å². The third-order valence-electron chi connectivity index (χ3n) is 3.57. The highest BCUT2D eigenvalue weighted by Gasteiger charge is 2.19. The first-order valence-electron chi connectivity index (χ1n) is 6.26. The largest absolute Gasteiger partial charge is 0.492 e. The monoisotopic (exact) mass is 254 g/mol. The van der Waals surface area contributed by atoms with Gasteiger partial charge in [0.25, 0.3) is 0 Å². The molecule has 0 atom stereocenters. The Morgan fingerprint density at radius 1 is 1.16 bits per heavy atom. The average molecular weight is 254 g/mol. The van der Waals surface area contributed by atoms with Crippen molar-refractivity contribution in [3.63, 3.8) is 0 Å². The summed E-state index contributed by atoms with van der Waals surface area (Å²) < 4.78 is 5.69. The smallest absolute Gasteiger partial charge is 0.335 e. The van der Waals surface area contributed by atoms with Crippen molar-refractivity contribution in [1.29, 1.82) is 0 Å². The lowest BCUT2D eigenvalue weighted by atomic mass is 9.94. The van der Waals surface area contributed by atoms with Crippen LogP contribution in [0.1, 0.15) is 21.5 Å². The number of para-hydroxylation sites is 1. The number of aromatic carboxylic acids is 1. The van der Waals surface area contributed by atoms with E-state index in [9.17, 15) is 9.90 Å². The van der Waals surface area contributed by atoms with Gasteiger partial charge in [-0.25, -0.2) is 4.79 Å². The minimum Gasteiger partial charge on any atom is -0.492 e. The van der Waals surface area contributed by atoms with Gasteiger partial charge in [-0.05, 0) is 29.7 Å². The molecule has 1 N–H and O–H groups in total. The molecule has 0 saturated heterocycles. The Hall–Kier alpha value is -2.29. The van der Waals surface area contributed by atoms with Crippen molar-refractivity contribution >= 4 is 5.97 Å². The molecule has 0 saturated carbocycles. The standard InChI is InChI=1S/C16H14O3/c1-10-12(5-3-6-13(10)16(17)18)14-7-2-4-11-8-9-19-15(11)14/h2-7H,8-9H2,1H3,(H,17,18). The van der Waals surface area contributed by atoms with Gasteiger partial charge in [-0.15, -0.1) is 0 Å². The van der Waals surface area contributed by atoms with Crippen molar-refractivity contribution in [2.24, 2.45) is 0 Å². The lowest BCUT2D eigenvalue weighted by molar-refractivity contribution is 0.0696. The number of hydrogen-bond acceptors (Lipinski definition) is 2. The molecule has 19 heavy (non-hydrogen) atoms. The number of carboxylic acids is 1. The fourth-order valence-corrected chi connectivity index (χ4v) is 2.59. The van der Waals surface area contributed by atoms with Gasteiger partial charge < -0.3 is 9.84 Å².